The van der Waals surface area contributed by atoms with Gasteiger partial charge in [0.1, 0.15) is 40.5 Å². The number of ether oxygens (including phenoxy) is 3. The largest absolute Gasteiger partial charge is 0.761 e. The number of rotatable bonds is 7. The van der Waals surface area contributed by atoms with Gasteiger partial charge in [0.05, 0.1) is 18.3 Å². The molecule has 0 spiro atoms. The van der Waals surface area contributed by atoms with Crippen molar-refractivity contribution < 1.29 is 51.5 Å². The van der Waals surface area contributed by atoms with Gasteiger partial charge in [-0.25, -0.2) is 15.1 Å². The van der Waals surface area contributed by atoms with Gasteiger partial charge in [0.25, 0.3) is 29.5 Å². The Morgan fingerprint density at radius 3 is 1.64 bits per heavy atom. The maximum absolute atomic E-state index is 13.9. The maximum atomic E-state index is 13.9. The third kappa shape index (κ3) is 12.0. The van der Waals surface area contributed by atoms with Crippen LogP contribution in [0.15, 0.2) is 127 Å². The number of benzene rings is 5. The highest BCUT2D eigenvalue weighted by Gasteiger charge is 2.60. The van der Waals surface area contributed by atoms with E-state index in [1.165, 1.54) is 35.5 Å². The summed E-state index contributed by atoms with van der Waals surface area (Å²) >= 11 is 4.18. The lowest BCUT2D eigenvalue weighted by Crippen LogP contribution is -2.44. The fourth-order valence-electron chi connectivity index (χ4n) is 8.85. The second-order valence-corrected chi connectivity index (χ2v) is 20.8. The van der Waals surface area contributed by atoms with Crippen molar-refractivity contribution in [3.05, 3.63) is 139 Å². The molecule has 378 valence electrons. The molecule has 21 heteroatoms. The average molecular weight is 1050 g/mol. The summed E-state index contributed by atoms with van der Waals surface area (Å²) in [6.45, 7) is 2.97. The molecule has 5 aromatic carbocycles. The molecule has 2 aromatic heterocycles. The first kappa shape index (κ1) is 51.2. The predicted molar refractivity (Wildman–Crippen MR) is 287 cm³/mol. The highest BCUT2D eigenvalue weighted by molar-refractivity contribution is 7.81. The fraction of sp³-hybridized carbons (Fsp3) is 0.208. The third-order valence-corrected chi connectivity index (χ3v) is 15.1. The molecule has 0 radical (unpaired) electrons. The van der Waals surface area contributed by atoms with Crippen LogP contribution in [0.25, 0.3) is 32.7 Å². The van der Waals surface area contributed by atoms with Gasteiger partial charge in [0.2, 0.25) is 0 Å². The van der Waals surface area contributed by atoms with Gasteiger partial charge in [-0.15, -0.1) is 0 Å². The van der Waals surface area contributed by atoms with Crippen LogP contribution in [-0.2, 0) is 40.3 Å². The lowest BCUT2D eigenvalue weighted by Gasteiger charge is -2.26. The molecule has 5 heterocycles. The number of carbonyl (C=O) groups is 5. The highest BCUT2D eigenvalue weighted by atomic mass is 32.1. The number of carbonyl (C=O) groups excluding carboxylic acids is 5. The van der Waals surface area contributed by atoms with E-state index in [-0.39, 0.29) is 58.5 Å². The van der Waals surface area contributed by atoms with Gasteiger partial charge in [-0.05, 0) is 96.4 Å². The molecule has 3 aliphatic rings. The van der Waals surface area contributed by atoms with Crippen molar-refractivity contribution in [3.8, 4) is 28.4 Å². The Morgan fingerprint density at radius 1 is 0.676 bits per heavy atom. The van der Waals surface area contributed by atoms with E-state index in [0.717, 1.165) is 21.5 Å². The topological polar surface area (TPSA) is 227 Å². The summed E-state index contributed by atoms with van der Waals surface area (Å²) in [5.74, 6) is -1.68. The lowest BCUT2D eigenvalue weighted by molar-refractivity contribution is -0.123. The van der Waals surface area contributed by atoms with Crippen molar-refractivity contribution in [2.24, 2.45) is 0 Å². The molecule has 2 unspecified atom stereocenters. The first-order chi connectivity index (χ1) is 35.9. The summed E-state index contributed by atoms with van der Waals surface area (Å²) in [5, 5.41) is 18.6. The molecule has 74 heavy (non-hydrogen) atoms. The van der Waals surface area contributed by atoms with Gasteiger partial charge in [-0.1, -0.05) is 72.8 Å². The standard InChI is InChI=1S/C52H47N7O11Si.CH3PS/c1-30-50-31(2)69-71(68-30,70-50)23-9-22-53-45(60)27-65-36-25-34-24-35(26-36)52(64)59-44-17-8-15-42(55-44)57-47(62)29-67-40-21-19-33-11-4-6-13-38(33)49(40)48-37-12-5-3-10-32(37)18-20-39(48)66-28-46(61)56-41-14-7-16-43(54-41)58-51(34)63;2-1-3/h3-8,10-21,24-26,30-31,50H,9,22-23,27-29H2,1-2H3,(H,53,60)(H2,54,56,58,61,63)(H2,55,57,59,62,64);1-3H/p-1/t30-,31+,50?,71?;. The van der Waals surface area contributed by atoms with E-state index in [1.54, 1.807) is 36.4 Å². The molecule has 8 bridgehead atoms. The maximum Gasteiger partial charge on any atom is 0.502 e. The molecule has 0 saturated carbocycles. The van der Waals surface area contributed by atoms with Crippen LogP contribution in [0.1, 0.15) is 41.0 Å². The van der Waals surface area contributed by atoms with E-state index in [4.69, 9.17) is 27.5 Å². The second-order valence-electron chi connectivity index (χ2n) is 17.2. The zero-order valence-electron chi connectivity index (χ0n) is 40.0. The smallest absolute Gasteiger partial charge is 0.502 e. The van der Waals surface area contributed by atoms with Crippen molar-refractivity contribution in [3.63, 3.8) is 0 Å². The van der Waals surface area contributed by atoms with Crippen molar-refractivity contribution in [2.75, 3.05) is 47.6 Å². The van der Waals surface area contributed by atoms with Crippen LogP contribution in [0.4, 0.5) is 23.3 Å². The number of anilines is 4. The van der Waals surface area contributed by atoms with Crippen LogP contribution in [-0.4, -0.2) is 98.1 Å². The van der Waals surface area contributed by atoms with Crippen molar-refractivity contribution in [2.45, 2.75) is 44.6 Å². The Labute approximate surface area is 433 Å². The van der Waals surface area contributed by atoms with Crippen LogP contribution in [0, 0.1) is 0 Å². The Kier molecular flexibility index (Phi) is 15.9. The number of pyridine rings is 2. The molecule has 2 saturated heterocycles. The van der Waals surface area contributed by atoms with Crippen LogP contribution in [0.3, 0.4) is 0 Å². The summed E-state index contributed by atoms with van der Waals surface area (Å²) in [4.78, 5) is 76.8. The van der Waals surface area contributed by atoms with Crippen LogP contribution < -0.4 is 40.8 Å². The lowest BCUT2D eigenvalue weighted by atomic mass is 9.92. The van der Waals surface area contributed by atoms with E-state index in [9.17, 15) is 24.0 Å². The zero-order valence-corrected chi connectivity index (χ0v) is 42.8. The molecule has 5 amide bonds. The quantitative estimate of drug-likeness (QED) is 0.0445. The number of aromatic nitrogens is 2. The minimum atomic E-state index is -2.77. The first-order valence-corrected chi connectivity index (χ1v) is 26.5. The van der Waals surface area contributed by atoms with E-state index < -0.39 is 58.2 Å². The summed E-state index contributed by atoms with van der Waals surface area (Å²) in [6.07, 6.45) is 0.398. The van der Waals surface area contributed by atoms with Gasteiger partial charge < -0.3 is 66.7 Å². The molecule has 18 nitrogen and oxygen atoms in total. The van der Waals surface area contributed by atoms with E-state index in [0.29, 0.717) is 41.6 Å². The van der Waals surface area contributed by atoms with Crippen molar-refractivity contribution in [1.82, 2.24) is 15.3 Å². The van der Waals surface area contributed by atoms with E-state index >= 15 is 0 Å². The van der Waals surface area contributed by atoms with Crippen molar-refractivity contribution in [1.29, 1.82) is 0 Å². The van der Waals surface area contributed by atoms with Crippen molar-refractivity contribution >= 4 is 110 Å². The molecule has 7 aromatic rings. The molecule has 3 aliphatic heterocycles. The van der Waals surface area contributed by atoms with Gasteiger partial charge in [-0.2, -0.15) is 8.86 Å². The summed E-state index contributed by atoms with van der Waals surface area (Å²) in [6, 6.07) is 36.9. The molecular weight excluding hydrogens is 1000 g/mol. The molecule has 10 rings (SSSR count). The Morgan fingerprint density at radius 2 is 1.15 bits per heavy atom. The summed E-state index contributed by atoms with van der Waals surface area (Å²) < 4.78 is 36.6. The highest BCUT2D eigenvalue weighted by Crippen LogP contribution is 2.46. The first-order valence-electron chi connectivity index (χ1n) is 23.5. The van der Waals surface area contributed by atoms with Crippen LogP contribution in [0.2, 0.25) is 6.04 Å². The zero-order chi connectivity index (χ0) is 51.8. The minimum Gasteiger partial charge on any atom is -0.761 e. The number of nitrogens with one attached hydrogen (secondary N) is 5. The number of nitrogens with zero attached hydrogens (tertiary/aromatic N) is 2. The monoisotopic (exact) mass is 1050 g/mol. The van der Waals surface area contributed by atoms with Crippen LogP contribution in [0.5, 0.6) is 17.2 Å². The normalized spacial score (nSPS) is 19.5. The number of hydrogen-bond acceptors (Lipinski definition) is 14. The fourth-order valence-corrected chi connectivity index (χ4v) is 12.2. The van der Waals surface area contributed by atoms with E-state index in [2.05, 4.69) is 58.0 Å². The van der Waals surface area contributed by atoms with E-state index in [1.807, 2.05) is 74.5 Å². The molecule has 0 aliphatic carbocycles. The summed E-state index contributed by atoms with van der Waals surface area (Å²) in [7, 11) is 0.102. The van der Waals surface area contributed by atoms with Gasteiger partial charge in [0, 0.05) is 34.8 Å². The van der Waals surface area contributed by atoms with Crippen LogP contribution >= 0.6 is 8.86 Å². The number of amides is 5. The average Bonchev–Trinajstić information content (AvgIpc) is 3.90. The Bertz CT molecular complexity index is 3120. The SMILES string of the molecule is C[C@@H]1O[Si]2(CCCNC(=O)COc3cc4cc(c3)C(=O)Nc3cccc(n3)NC(=O)COc3ccc5ccccc5c3-c3c(ccc5ccccc35)OCC(=O)Nc3cccc(n3)NC4=O)OC1[C@@H](C)O2.P=C[S-]. The van der Waals surface area contributed by atoms with Gasteiger partial charge in [0.15, 0.2) is 19.8 Å². The van der Waals surface area contributed by atoms with Gasteiger partial charge >= 0.3 is 8.80 Å². The Hall–Kier alpha value is -7.71. The minimum absolute atomic E-state index is 0.0174. The molecule has 2 fully saturated rings. The predicted octanol–water partition coefficient (Wildman–Crippen LogP) is 7.79. The summed E-state index contributed by atoms with van der Waals surface area (Å²) in [5.41, 5.74) is 1.26. The third-order valence-electron chi connectivity index (χ3n) is 12.0. The molecule has 5 N–H and O–H groups in total. The molecular formula is C53H49N7O11PSSi-. The molecule has 4 atom stereocenters. The number of fused-ring (bicyclic) bond motifs is 15. The van der Waals surface area contributed by atoms with Gasteiger partial charge in [-0.3, -0.25) is 24.0 Å². The second kappa shape index (κ2) is 23.0. The Balaban J connectivity index is 0.00000219. The number of hydrogen-bond donors (Lipinski definition) is 5.